The Hall–Kier alpha value is -2.36. The maximum Gasteiger partial charge on any atom is 0.338 e. The molecular formula is C15H16O4. The minimum absolute atomic E-state index is 0.215. The maximum atomic E-state index is 11.5. The van der Waals surface area contributed by atoms with E-state index in [0.717, 1.165) is 11.3 Å². The number of rotatable bonds is 6. The smallest absolute Gasteiger partial charge is 0.338 e. The van der Waals surface area contributed by atoms with E-state index >= 15 is 0 Å². The molecule has 0 N–H and O–H groups in total. The van der Waals surface area contributed by atoms with Crippen molar-refractivity contribution in [1.29, 1.82) is 0 Å². The molecule has 1 rings (SSSR count). The zero-order chi connectivity index (χ0) is 14.1. The second-order valence-corrected chi connectivity index (χ2v) is 3.59. The summed E-state index contributed by atoms with van der Waals surface area (Å²) in [5.74, 6) is 0.241. The Bertz CT molecular complexity index is 483. The van der Waals surface area contributed by atoms with Crippen molar-refractivity contribution in [1.82, 2.24) is 0 Å². The Kier molecular flexibility index (Phi) is 6.09. The number of ether oxygens (including phenoxy) is 2. The van der Waals surface area contributed by atoms with Gasteiger partial charge in [0.1, 0.15) is 12.0 Å². The van der Waals surface area contributed by atoms with Crippen molar-refractivity contribution < 1.29 is 19.1 Å². The zero-order valence-corrected chi connectivity index (χ0v) is 11.0. The fourth-order valence-electron chi connectivity index (χ4n) is 1.38. The van der Waals surface area contributed by atoms with E-state index in [2.05, 4.69) is 0 Å². The molecule has 0 aliphatic rings. The summed E-state index contributed by atoms with van der Waals surface area (Å²) < 4.78 is 9.89. The van der Waals surface area contributed by atoms with Crippen molar-refractivity contribution in [2.75, 3.05) is 13.7 Å². The molecule has 19 heavy (non-hydrogen) atoms. The third kappa shape index (κ3) is 4.79. The molecule has 0 aliphatic carbocycles. The van der Waals surface area contributed by atoms with Gasteiger partial charge in [-0.25, -0.2) is 4.79 Å². The van der Waals surface area contributed by atoms with Crippen LogP contribution < -0.4 is 4.74 Å². The van der Waals surface area contributed by atoms with Gasteiger partial charge >= 0.3 is 5.97 Å². The Morgan fingerprint density at radius 1 is 1.26 bits per heavy atom. The molecule has 0 aliphatic heterocycles. The first-order valence-corrected chi connectivity index (χ1v) is 5.86. The van der Waals surface area contributed by atoms with Gasteiger partial charge in [0.2, 0.25) is 0 Å². The molecule has 0 saturated carbocycles. The minimum atomic E-state index is -0.514. The van der Waals surface area contributed by atoms with Crippen molar-refractivity contribution in [3.05, 3.63) is 47.6 Å². The number of esters is 1. The van der Waals surface area contributed by atoms with Crippen molar-refractivity contribution in [2.24, 2.45) is 0 Å². The Balaban J connectivity index is 2.83. The van der Waals surface area contributed by atoms with E-state index < -0.39 is 5.97 Å². The largest absolute Gasteiger partial charge is 0.497 e. The number of aldehydes is 1. The number of carbonyl (C=O) groups excluding carboxylic acids is 2. The molecule has 0 heterocycles. The van der Waals surface area contributed by atoms with Crippen molar-refractivity contribution >= 4 is 18.3 Å². The van der Waals surface area contributed by atoms with Gasteiger partial charge in [0, 0.05) is 0 Å². The molecule has 1 aromatic carbocycles. The lowest BCUT2D eigenvalue weighted by Gasteiger charge is -2.02. The Morgan fingerprint density at radius 3 is 2.47 bits per heavy atom. The number of carbonyl (C=O) groups is 2. The van der Waals surface area contributed by atoms with Crippen LogP contribution >= 0.6 is 0 Å². The van der Waals surface area contributed by atoms with Crippen LogP contribution in [0, 0.1) is 0 Å². The summed E-state index contributed by atoms with van der Waals surface area (Å²) in [4.78, 5) is 22.0. The maximum absolute atomic E-state index is 11.5. The zero-order valence-electron chi connectivity index (χ0n) is 11.0. The molecule has 0 spiro atoms. The number of allylic oxidation sites excluding steroid dienone is 1. The molecule has 100 valence electrons. The van der Waals surface area contributed by atoms with E-state index in [1.54, 1.807) is 26.2 Å². The van der Waals surface area contributed by atoms with Crippen LogP contribution in [0.2, 0.25) is 0 Å². The topological polar surface area (TPSA) is 52.6 Å². The SMILES string of the molecule is CCOC(=O)C(/C=C/c1ccc(OC)cc1)=C/C=O. The van der Waals surface area contributed by atoms with Gasteiger partial charge in [0.15, 0.2) is 0 Å². The first-order chi connectivity index (χ1) is 9.21. The average molecular weight is 260 g/mol. The van der Waals surface area contributed by atoms with Crippen LogP contribution in [-0.4, -0.2) is 26.0 Å². The number of hydrogen-bond acceptors (Lipinski definition) is 4. The summed E-state index contributed by atoms with van der Waals surface area (Å²) in [5, 5.41) is 0. The number of hydrogen-bond donors (Lipinski definition) is 0. The highest BCUT2D eigenvalue weighted by Crippen LogP contribution is 2.13. The van der Waals surface area contributed by atoms with Gasteiger partial charge in [-0.3, -0.25) is 4.79 Å². The Morgan fingerprint density at radius 2 is 1.95 bits per heavy atom. The van der Waals surface area contributed by atoms with Gasteiger partial charge in [-0.1, -0.05) is 18.2 Å². The summed E-state index contributed by atoms with van der Waals surface area (Å²) in [6.07, 6.45) is 5.02. The lowest BCUT2D eigenvalue weighted by Crippen LogP contribution is -2.06. The summed E-state index contributed by atoms with van der Waals surface area (Å²) >= 11 is 0. The summed E-state index contributed by atoms with van der Waals surface area (Å²) in [6.45, 7) is 1.98. The van der Waals surface area contributed by atoms with Gasteiger partial charge in [-0.05, 0) is 36.8 Å². The quantitative estimate of drug-likeness (QED) is 0.341. The molecule has 4 heteroatoms. The first kappa shape index (κ1) is 14.7. The summed E-state index contributed by atoms with van der Waals surface area (Å²) in [5.41, 5.74) is 1.11. The van der Waals surface area contributed by atoms with E-state index in [4.69, 9.17) is 9.47 Å². The van der Waals surface area contributed by atoms with Crippen LogP contribution in [0.5, 0.6) is 5.75 Å². The van der Waals surface area contributed by atoms with Crippen molar-refractivity contribution in [2.45, 2.75) is 6.92 Å². The van der Waals surface area contributed by atoms with Gasteiger partial charge in [0.05, 0.1) is 19.3 Å². The van der Waals surface area contributed by atoms with E-state index in [-0.39, 0.29) is 12.2 Å². The molecule has 1 aromatic rings. The fraction of sp³-hybridized carbons (Fsp3) is 0.200. The van der Waals surface area contributed by atoms with Crippen molar-refractivity contribution in [3.8, 4) is 5.75 Å². The summed E-state index contributed by atoms with van der Waals surface area (Å²) in [6, 6.07) is 7.32. The van der Waals surface area contributed by atoms with E-state index in [9.17, 15) is 9.59 Å². The monoisotopic (exact) mass is 260 g/mol. The van der Waals surface area contributed by atoms with Crippen LogP contribution in [0.15, 0.2) is 42.0 Å². The van der Waals surface area contributed by atoms with Gasteiger partial charge in [-0.2, -0.15) is 0 Å². The molecule has 0 bridgehead atoms. The summed E-state index contributed by atoms with van der Waals surface area (Å²) in [7, 11) is 1.59. The minimum Gasteiger partial charge on any atom is -0.497 e. The van der Waals surface area contributed by atoms with Crippen LogP contribution in [0.25, 0.3) is 6.08 Å². The average Bonchev–Trinajstić information content (AvgIpc) is 2.44. The molecule has 4 nitrogen and oxygen atoms in total. The molecule has 0 atom stereocenters. The van der Waals surface area contributed by atoms with Crippen LogP contribution in [0.3, 0.4) is 0 Å². The fourth-order valence-corrected chi connectivity index (χ4v) is 1.38. The lowest BCUT2D eigenvalue weighted by molar-refractivity contribution is -0.138. The van der Waals surface area contributed by atoms with Gasteiger partial charge < -0.3 is 9.47 Å². The third-order valence-corrected chi connectivity index (χ3v) is 2.33. The van der Waals surface area contributed by atoms with Crippen LogP contribution in [-0.2, 0) is 14.3 Å². The lowest BCUT2D eigenvalue weighted by atomic mass is 10.1. The second kappa shape index (κ2) is 7.87. The highest BCUT2D eigenvalue weighted by molar-refractivity contribution is 5.96. The molecule has 0 unspecified atom stereocenters. The molecule has 0 radical (unpaired) electrons. The normalized spacial score (nSPS) is 11.4. The highest BCUT2D eigenvalue weighted by atomic mass is 16.5. The van der Waals surface area contributed by atoms with Gasteiger partial charge in [0.25, 0.3) is 0 Å². The standard InChI is InChI=1S/C15H16O4/c1-3-19-15(17)13(10-11-16)7-4-12-5-8-14(18-2)9-6-12/h4-11H,3H2,1-2H3/b7-4+,13-10+. The molecular weight excluding hydrogens is 244 g/mol. The van der Waals surface area contributed by atoms with E-state index in [1.165, 1.54) is 6.08 Å². The number of benzene rings is 1. The van der Waals surface area contributed by atoms with Gasteiger partial charge in [-0.15, -0.1) is 0 Å². The van der Waals surface area contributed by atoms with Crippen LogP contribution in [0.1, 0.15) is 12.5 Å². The predicted octanol–water partition coefficient (Wildman–Crippen LogP) is 2.40. The van der Waals surface area contributed by atoms with E-state index in [0.29, 0.717) is 6.29 Å². The molecule has 0 fully saturated rings. The molecule has 0 saturated heterocycles. The molecule has 0 aromatic heterocycles. The first-order valence-electron chi connectivity index (χ1n) is 5.86. The Labute approximate surface area is 112 Å². The second-order valence-electron chi connectivity index (χ2n) is 3.59. The number of methoxy groups -OCH3 is 1. The van der Waals surface area contributed by atoms with Crippen molar-refractivity contribution in [3.63, 3.8) is 0 Å². The van der Waals surface area contributed by atoms with Crippen LogP contribution in [0.4, 0.5) is 0 Å². The molecule has 0 amide bonds. The third-order valence-electron chi connectivity index (χ3n) is 2.33. The van der Waals surface area contributed by atoms with E-state index in [1.807, 2.05) is 24.3 Å². The highest BCUT2D eigenvalue weighted by Gasteiger charge is 2.06. The predicted molar refractivity (Wildman–Crippen MR) is 72.8 cm³/mol.